The smallest absolute Gasteiger partial charge is 0.451 e. The van der Waals surface area contributed by atoms with E-state index in [-0.39, 0.29) is 38.2 Å². The molecule has 29 heavy (non-hydrogen) atoms. The van der Waals surface area contributed by atoms with E-state index in [9.17, 15) is 23.1 Å². The quantitative estimate of drug-likeness (QED) is 0.177. The van der Waals surface area contributed by atoms with Gasteiger partial charge < -0.3 is 31.7 Å². The molecule has 0 bridgehead atoms. The molecule has 168 valence electrons. The van der Waals surface area contributed by atoms with Crippen LogP contribution in [0, 0.1) is 11.8 Å². The van der Waals surface area contributed by atoms with Crippen LogP contribution in [0.1, 0.15) is 26.7 Å². The summed E-state index contributed by atoms with van der Waals surface area (Å²) in [5.74, 6) is -3.59. The molecule has 1 aliphatic heterocycles. The lowest BCUT2D eigenvalue weighted by atomic mass is 9.78. The highest BCUT2D eigenvalue weighted by atomic mass is 32.2. The van der Waals surface area contributed by atoms with Gasteiger partial charge in [-0.15, -0.1) is 0 Å². The van der Waals surface area contributed by atoms with Crippen molar-refractivity contribution in [3.05, 3.63) is 0 Å². The standard InChI is InChI=1S/C15H31BN4O8S/c1-10(2)6-19(8-12(17)13(21)22)29(27,28)20-7-11(4-3-5-16(25)26)15(18,9-20)14(23)24/h10-12,25-26H,3-9,17-18H2,1-2H3,(H,21,22)(H,23,24)/t11-,12?,15-/m0/s1. The number of aliphatic carboxylic acids is 2. The van der Waals surface area contributed by atoms with Gasteiger partial charge in [-0.05, 0) is 18.7 Å². The minimum atomic E-state index is -4.22. The number of carbonyl (C=O) groups is 2. The second-order valence-electron chi connectivity index (χ2n) is 7.91. The summed E-state index contributed by atoms with van der Waals surface area (Å²) in [5, 5.41) is 36.6. The lowest BCUT2D eigenvalue weighted by molar-refractivity contribution is -0.144. The third-order valence-electron chi connectivity index (χ3n) is 4.94. The van der Waals surface area contributed by atoms with Crippen LogP contribution in [-0.2, 0) is 19.8 Å². The topological polar surface area (TPSA) is 208 Å². The van der Waals surface area contributed by atoms with Gasteiger partial charge in [0, 0.05) is 32.1 Å². The molecule has 0 amide bonds. The Hall–Kier alpha value is -1.29. The van der Waals surface area contributed by atoms with Crippen molar-refractivity contribution in [3.8, 4) is 0 Å². The maximum Gasteiger partial charge on any atom is 0.451 e. The minimum absolute atomic E-state index is 0.00578. The summed E-state index contributed by atoms with van der Waals surface area (Å²) in [6.45, 7) is 2.40. The number of nitrogens with two attached hydrogens (primary N) is 2. The van der Waals surface area contributed by atoms with Gasteiger partial charge in [0.15, 0.2) is 0 Å². The molecule has 12 nitrogen and oxygen atoms in total. The highest BCUT2D eigenvalue weighted by Crippen LogP contribution is 2.33. The Morgan fingerprint density at radius 3 is 2.31 bits per heavy atom. The van der Waals surface area contributed by atoms with Crippen LogP contribution < -0.4 is 11.5 Å². The van der Waals surface area contributed by atoms with Gasteiger partial charge in [0.2, 0.25) is 0 Å². The first kappa shape index (κ1) is 25.8. The van der Waals surface area contributed by atoms with Gasteiger partial charge in [-0.2, -0.15) is 17.0 Å². The van der Waals surface area contributed by atoms with Gasteiger partial charge in [0.05, 0.1) is 0 Å². The fourth-order valence-electron chi connectivity index (χ4n) is 3.34. The van der Waals surface area contributed by atoms with Gasteiger partial charge in [-0.25, -0.2) is 0 Å². The molecule has 0 spiro atoms. The predicted octanol–water partition coefficient (Wildman–Crippen LogP) is -2.43. The summed E-state index contributed by atoms with van der Waals surface area (Å²) < 4.78 is 28.2. The van der Waals surface area contributed by atoms with Crippen molar-refractivity contribution in [2.24, 2.45) is 23.3 Å². The zero-order valence-electron chi connectivity index (χ0n) is 16.6. The van der Waals surface area contributed by atoms with Crippen molar-refractivity contribution >= 4 is 29.3 Å². The van der Waals surface area contributed by atoms with Crippen LogP contribution in [0.3, 0.4) is 0 Å². The lowest BCUT2D eigenvalue weighted by Crippen LogP contribution is -2.56. The number of carboxylic acids is 2. The summed E-state index contributed by atoms with van der Waals surface area (Å²) in [6, 6.07) is -1.44. The Morgan fingerprint density at radius 1 is 1.28 bits per heavy atom. The first-order valence-corrected chi connectivity index (χ1v) is 10.7. The second kappa shape index (κ2) is 10.2. The third-order valence-corrected chi connectivity index (χ3v) is 6.82. The van der Waals surface area contributed by atoms with E-state index in [0.717, 1.165) is 8.61 Å². The Labute approximate surface area is 170 Å². The van der Waals surface area contributed by atoms with Crippen molar-refractivity contribution in [3.63, 3.8) is 0 Å². The molecule has 1 saturated heterocycles. The molecule has 1 heterocycles. The number of hydrogen-bond acceptors (Lipinski definition) is 8. The molecule has 0 radical (unpaired) electrons. The maximum atomic E-state index is 13.1. The molecule has 0 aromatic heterocycles. The molecular weight excluding hydrogens is 407 g/mol. The molecule has 0 saturated carbocycles. The van der Waals surface area contributed by atoms with Gasteiger partial charge in [-0.3, -0.25) is 9.59 Å². The van der Waals surface area contributed by atoms with Crippen molar-refractivity contribution in [2.75, 3.05) is 26.2 Å². The van der Waals surface area contributed by atoms with E-state index in [1.54, 1.807) is 13.8 Å². The fraction of sp³-hybridized carbons (Fsp3) is 0.867. The van der Waals surface area contributed by atoms with E-state index in [0.29, 0.717) is 0 Å². The van der Waals surface area contributed by atoms with Crippen LogP contribution in [0.2, 0.25) is 6.32 Å². The molecular formula is C15H31BN4O8S. The average molecular weight is 438 g/mol. The number of nitrogens with zero attached hydrogens (tertiary/aromatic N) is 2. The zero-order valence-corrected chi connectivity index (χ0v) is 17.5. The molecule has 0 aliphatic carbocycles. The average Bonchev–Trinajstić information content (AvgIpc) is 2.92. The first-order valence-electron chi connectivity index (χ1n) is 9.33. The first-order chi connectivity index (χ1) is 13.2. The highest BCUT2D eigenvalue weighted by Gasteiger charge is 2.53. The molecule has 1 aliphatic rings. The van der Waals surface area contributed by atoms with Gasteiger partial charge in [0.25, 0.3) is 10.2 Å². The molecule has 1 fully saturated rings. The highest BCUT2D eigenvalue weighted by molar-refractivity contribution is 7.86. The normalized spacial score (nSPS) is 24.2. The monoisotopic (exact) mass is 438 g/mol. The maximum absolute atomic E-state index is 13.1. The third kappa shape index (κ3) is 6.60. The molecule has 0 aromatic rings. The van der Waals surface area contributed by atoms with Crippen LogP contribution >= 0.6 is 0 Å². The molecule has 0 aromatic carbocycles. The van der Waals surface area contributed by atoms with E-state index in [4.69, 9.17) is 26.6 Å². The Kier molecular flexibility index (Phi) is 9.01. The van der Waals surface area contributed by atoms with Crippen LogP contribution in [0.25, 0.3) is 0 Å². The van der Waals surface area contributed by atoms with E-state index in [1.165, 1.54) is 0 Å². The van der Waals surface area contributed by atoms with Crippen molar-refractivity contribution in [1.29, 1.82) is 0 Å². The SMILES string of the molecule is CC(C)CN(CC(N)C(=O)O)S(=O)(=O)N1C[C@H](CCCB(O)O)[C@](N)(C(=O)O)C1. The van der Waals surface area contributed by atoms with Crippen molar-refractivity contribution in [1.82, 2.24) is 8.61 Å². The Bertz CT molecular complexity index is 692. The predicted molar refractivity (Wildman–Crippen MR) is 105 cm³/mol. The van der Waals surface area contributed by atoms with E-state index >= 15 is 0 Å². The summed E-state index contributed by atoms with van der Waals surface area (Å²) >= 11 is 0. The number of carboxylic acid groups (broad SMARTS) is 2. The molecule has 3 atom stereocenters. The fourth-order valence-corrected chi connectivity index (χ4v) is 5.25. The summed E-state index contributed by atoms with van der Waals surface area (Å²) in [4.78, 5) is 22.8. The molecule has 1 rings (SSSR count). The Balaban J connectivity index is 3.10. The summed E-state index contributed by atoms with van der Waals surface area (Å²) in [6.07, 6.45) is 0.444. The van der Waals surface area contributed by atoms with E-state index in [1.807, 2.05) is 0 Å². The Morgan fingerprint density at radius 2 is 1.86 bits per heavy atom. The lowest BCUT2D eigenvalue weighted by Gasteiger charge is -2.30. The van der Waals surface area contributed by atoms with E-state index in [2.05, 4.69) is 0 Å². The van der Waals surface area contributed by atoms with Crippen LogP contribution in [-0.4, -0.2) is 94.1 Å². The van der Waals surface area contributed by atoms with Crippen molar-refractivity contribution in [2.45, 2.75) is 44.6 Å². The summed E-state index contributed by atoms with van der Waals surface area (Å²) in [7, 11) is -5.77. The molecule has 1 unspecified atom stereocenters. The second-order valence-corrected chi connectivity index (χ2v) is 9.84. The number of hydrogen-bond donors (Lipinski definition) is 6. The minimum Gasteiger partial charge on any atom is -0.480 e. The molecule has 8 N–H and O–H groups in total. The van der Waals surface area contributed by atoms with E-state index < -0.39 is 59.9 Å². The molecule has 14 heteroatoms. The number of rotatable bonds is 12. The van der Waals surface area contributed by atoms with Gasteiger partial charge >= 0.3 is 19.1 Å². The van der Waals surface area contributed by atoms with Gasteiger partial charge in [0.1, 0.15) is 11.6 Å². The van der Waals surface area contributed by atoms with Gasteiger partial charge in [-0.1, -0.05) is 20.3 Å². The van der Waals surface area contributed by atoms with Crippen LogP contribution in [0.15, 0.2) is 0 Å². The van der Waals surface area contributed by atoms with Crippen LogP contribution in [0.5, 0.6) is 0 Å². The van der Waals surface area contributed by atoms with Crippen LogP contribution in [0.4, 0.5) is 0 Å². The zero-order chi connectivity index (χ0) is 22.6. The largest absolute Gasteiger partial charge is 0.480 e. The summed E-state index contributed by atoms with van der Waals surface area (Å²) in [5.41, 5.74) is 9.71. The van der Waals surface area contributed by atoms with Crippen molar-refractivity contribution < 1.29 is 38.3 Å².